The lowest BCUT2D eigenvalue weighted by Gasteiger charge is -2.32. The van der Waals surface area contributed by atoms with Crippen LogP contribution in [0.15, 0.2) is 0 Å². The molecule has 1 fully saturated rings. The van der Waals surface area contributed by atoms with Gasteiger partial charge in [-0.25, -0.2) is 0 Å². The molecule has 0 amide bonds. The minimum Gasteiger partial charge on any atom is -0.390 e. The first kappa shape index (κ1) is 12.9. The minimum absolute atomic E-state index is 0.590. The maximum Gasteiger partial charge on any atom is 0.0815 e. The molecular weight excluding hydrogens is 194 g/mol. The smallest absolute Gasteiger partial charge is 0.0815 e. The molecular formula is C11H23NO3. The van der Waals surface area contributed by atoms with E-state index in [0.29, 0.717) is 39.0 Å². The molecule has 0 aromatic rings. The molecule has 0 radical (unpaired) electrons. The second-order valence-corrected chi connectivity index (χ2v) is 5.08. The molecule has 0 aromatic heterocycles. The molecule has 90 valence electrons. The third kappa shape index (κ3) is 5.47. The van der Waals surface area contributed by atoms with Crippen molar-refractivity contribution in [3.8, 4) is 0 Å². The Morgan fingerprint density at radius 2 is 1.93 bits per heavy atom. The fourth-order valence-electron chi connectivity index (χ4n) is 1.64. The average molecular weight is 217 g/mol. The highest BCUT2D eigenvalue weighted by molar-refractivity contribution is 4.83. The molecule has 0 unspecified atom stereocenters. The lowest BCUT2D eigenvalue weighted by atomic mass is 9.94. The van der Waals surface area contributed by atoms with Gasteiger partial charge in [0.2, 0.25) is 0 Å². The van der Waals surface area contributed by atoms with Gasteiger partial charge in [-0.3, -0.25) is 0 Å². The Morgan fingerprint density at radius 3 is 2.47 bits per heavy atom. The summed E-state index contributed by atoms with van der Waals surface area (Å²) in [5.41, 5.74) is -1.25. The van der Waals surface area contributed by atoms with E-state index in [0.717, 1.165) is 6.54 Å². The molecule has 0 bridgehead atoms. The van der Waals surface area contributed by atoms with Crippen LogP contribution in [-0.4, -0.2) is 47.7 Å². The van der Waals surface area contributed by atoms with Crippen molar-refractivity contribution in [1.82, 2.24) is 5.32 Å². The van der Waals surface area contributed by atoms with Crippen molar-refractivity contribution in [3.63, 3.8) is 0 Å². The van der Waals surface area contributed by atoms with Gasteiger partial charge in [-0.2, -0.15) is 0 Å². The van der Waals surface area contributed by atoms with E-state index in [2.05, 4.69) is 5.32 Å². The summed E-state index contributed by atoms with van der Waals surface area (Å²) in [5.74, 6) is 0. The Labute approximate surface area is 91.6 Å². The quantitative estimate of drug-likeness (QED) is 0.579. The van der Waals surface area contributed by atoms with Crippen molar-refractivity contribution in [2.75, 3.05) is 26.3 Å². The molecule has 0 atom stereocenters. The summed E-state index contributed by atoms with van der Waals surface area (Å²) < 4.78 is 5.20. The molecule has 0 aliphatic carbocycles. The third-order valence-electron chi connectivity index (χ3n) is 2.79. The van der Waals surface area contributed by atoms with Crippen molar-refractivity contribution in [2.24, 2.45) is 0 Å². The average Bonchev–Trinajstić information content (AvgIpc) is 2.12. The molecule has 3 N–H and O–H groups in total. The SMILES string of the molecule is CC(C)(O)CCNCC1(O)CCOCC1. The Morgan fingerprint density at radius 1 is 1.33 bits per heavy atom. The number of aliphatic hydroxyl groups is 2. The van der Waals surface area contributed by atoms with E-state index in [1.54, 1.807) is 13.8 Å². The van der Waals surface area contributed by atoms with Crippen LogP contribution in [0.3, 0.4) is 0 Å². The topological polar surface area (TPSA) is 61.7 Å². The van der Waals surface area contributed by atoms with Crippen LogP contribution in [0.25, 0.3) is 0 Å². The summed E-state index contributed by atoms with van der Waals surface area (Å²) in [6.07, 6.45) is 2.09. The third-order valence-corrected chi connectivity index (χ3v) is 2.79. The molecule has 1 saturated heterocycles. The molecule has 1 heterocycles. The summed E-state index contributed by atoms with van der Waals surface area (Å²) in [6.45, 7) is 6.18. The molecule has 4 nitrogen and oxygen atoms in total. The molecule has 15 heavy (non-hydrogen) atoms. The second-order valence-electron chi connectivity index (χ2n) is 5.08. The Balaban J connectivity index is 2.13. The number of ether oxygens (including phenoxy) is 1. The zero-order valence-electron chi connectivity index (χ0n) is 9.75. The van der Waals surface area contributed by atoms with Crippen LogP contribution in [0.1, 0.15) is 33.1 Å². The number of nitrogens with one attached hydrogen (secondary N) is 1. The molecule has 0 spiro atoms. The lowest BCUT2D eigenvalue weighted by Crippen LogP contribution is -2.45. The monoisotopic (exact) mass is 217 g/mol. The number of rotatable bonds is 5. The first-order valence-electron chi connectivity index (χ1n) is 5.65. The van der Waals surface area contributed by atoms with Crippen LogP contribution in [0.4, 0.5) is 0 Å². The van der Waals surface area contributed by atoms with Gasteiger partial charge in [-0.1, -0.05) is 0 Å². The highest BCUT2D eigenvalue weighted by atomic mass is 16.5. The van der Waals surface area contributed by atoms with Gasteiger partial charge in [0, 0.05) is 32.6 Å². The van der Waals surface area contributed by atoms with Gasteiger partial charge < -0.3 is 20.3 Å². The standard InChI is InChI=1S/C11H23NO3/c1-10(2,13)3-6-12-9-11(14)4-7-15-8-5-11/h12-14H,3-9H2,1-2H3. The van der Waals surface area contributed by atoms with E-state index in [4.69, 9.17) is 4.74 Å². The normalized spacial score (nSPS) is 21.6. The predicted octanol–water partition coefficient (Wildman–Crippen LogP) is 0.278. The summed E-state index contributed by atoms with van der Waals surface area (Å²) in [7, 11) is 0. The van der Waals surface area contributed by atoms with E-state index >= 15 is 0 Å². The molecule has 4 heteroatoms. The van der Waals surface area contributed by atoms with Crippen LogP contribution in [0, 0.1) is 0 Å². The van der Waals surface area contributed by atoms with E-state index in [1.807, 2.05) is 0 Å². The molecule has 1 rings (SSSR count). The van der Waals surface area contributed by atoms with Gasteiger partial charge in [0.15, 0.2) is 0 Å². The fraction of sp³-hybridized carbons (Fsp3) is 1.00. The summed E-state index contributed by atoms with van der Waals surface area (Å²) >= 11 is 0. The summed E-state index contributed by atoms with van der Waals surface area (Å²) in [6, 6.07) is 0. The van der Waals surface area contributed by atoms with Crippen molar-refractivity contribution >= 4 is 0 Å². The van der Waals surface area contributed by atoms with Crippen LogP contribution in [-0.2, 0) is 4.74 Å². The van der Waals surface area contributed by atoms with E-state index < -0.39 is 11.2 Å². The highest BCUT2D eigenvalue weighted by Gasteiger charge is 2.29. The number of hydrogen-bond donors (Lipinski definition) is 3. The van der Waals surface area contributed by atoms with Gasteiger partial charge in [0.05, 0.1) is 11.2 Å². The molecule has 1 aliphatic heterocycles. The van der Waals surface area contributed by atoms with E-state index in [1.165, 1.54) is 0 Å². The second kappa shape index (κ2) is 5.25. The maximum absolute atomic E-state index is 10.1. The lowest BCUT2D eigenvalue weighted by molar-refractivity contribution is -0.0620. The van der Waals surface area contributed by atoms with Crippen molar-refractivity contribution < 1.29 is 14.9 Å². The van der Waals surface area contributed by atoms with Crippen LogP contribution >= 0.6 is 0 Å². The molecule has 0 saturated carbocycles. The minimum atomic E-state index is -0.634. The first-order chi connectivity index (χ1) is 6.91. The van der Waals surface area contributed by atoms with Gasteiger partial charge in [0.1, 0.15) is 0 Å². The van der Waals surface area contributed by atoms with Gasteiger partial charge in [-0.15, -0.1) is 0 Å². The summed E-state index contributed by atoms with van der Waals surface area (Å²) in [4.78, 5) is 0. The number of hydrogen-bond acceptors (Lipinski definition) is 4. The van der Waals surface area contributed by atoms with Gasteiger partial charge >= 0.3 is 0 Å². The first-order valence-corrected chi connectivity index (χ1v) is 5.65. The highest BCUT2D eigenvalue weighted by Crippen LogP contribution is 2.19. The Bertz CT molecular complexity index is 183. The molecule has 0 aromatic carbocycles. The largest absolute Gasteiger partial charge is 0.390 e. The Hall–Kier alpha value is -0.160. The summed E-state index contributed by atoms with van der Waals surface area (Å²) in [5, 5.41) is 22.8. The van der Waals surface area contributed by atoms with Crippen LogP contribution < -0.4 is 5.32 Å². The van der Waals surface area contributed by atoms with Crippen LogP contribution in [0.2, 0.25) is 0 Å². The Kier molecular flexibility index (Phi) is 4.52. The predicted molar refractivity (Wildman–Crippen MR) is 58.8 cm³/mol. The van der Waals surface area contributed by atoms with Gasteiger partial charge in [0.25, 0.3) is 0 Å². The van der Waals surface area contributed by atoms with Crippen molar-refractivity contribution in [2.45, 2.75) is 44.3 Å². The van der Waals surface area contributed by atoms with E-state index in [-0.39, 0.29) is 0 Å². The zero-order chi connectivity index (χ0) is 11.4. The van der Waals surface area contributed by atoms with Gasteiger partial charge in [-0.05, 0) is 26.8 Å². The van der Waals surface area contributed by atoms with Crippen molar-refractivity contribution in [1.29, 1.82) is 0 Å². The van der Waals surface area contributed by atoms with E-state index in [9.17, 15) is 10.2 Å². The fourth-order valence-corrected chi connectivity index (χ4v) is 1.64. The maximum atomic E-state index is 10.1. The van der Waals surface area contributed by atoms with Crippen LogP contribution in [0.5, 0.6) is 0 Å². The van der Waals surface area contributed by atoms with Crippen molar-refractivity contribution in [3.05, 3.63) is 0 Å². The molecule has 1 aliphatic rings. The zero-order valence-corrected chi connectivity index (χ0v) is 9.75.